The van der Waals surface area contributed by atoms with E-state index in [2.05, 4.69) is 15.3 Å². The summed E-state index contributed by atoms with van der Waals surface area (Å²) in [6, 6.07) is 1.87. The third-order valence-corrected chi connectivity index (χ3v) is 2.99. The second-order valence-corrected chi connectivity index (χ2v) is 4.44. The Morgan fingerprint density at radius 3 is 2.88 bits per heavy atom. The molecule has 3 N–H and O–H groups in total. The predicted octanol–water partition coefficient (Wildman–Crippen LogP) is 0.413. The molecule has 0 spiro atoms. The lowest BCUT2D eigenvalue weighted by molar-refractivity contribution is 0.113. The van der Waals surface area contributed by atoms with E-state index in [-0.39, 0.29) is 6.61 Å². The van der Waals surface area contributed by atoms with Crippen LogP contribution in [0.3, 0.4) is 0 Å². The molecule has 0 bridgehead atoms. The Morgan fingerprint density at radius 1 is 1.50 bits per heavy atom. The lowest BCUT2D eigenvalue weighted by atomic mass is 10.4. The molecule has 0 saturated carbocycles. The van der Waals surface area contributed by atoms with Gasteiger partial charge in [-0.05, 0) is 6.92 Å². The molecule has 16 heavy (non-hydrogen) atoms. The molecule has 1 aromatic rings. The zero-order chi connectivity index (χ0) is 12.0. The van der Waals surface area contributed by atoms with Gasteiger partial charge in [0.1, 0.15) is 11.6 Å². The number of aliphatic hydroxyl groups is 2. The van der Waals surface area contributed by atoms with Crippen LogP contribution in [0.5, 0.6) is 0 Å². The largest absolute Gasteiger partial charge is 0.394 e. The third-order valence-electron chi connectivity index (χ3n) is 1.91. The number of aromatic nitrogens is 2. The van der Waals surface area contributed by atoms with E-state index in [0.717, 1.165) is 17.3 Å². The van der Waals surface area contributed by atoms with Gasteiger partial charge in [0.05, 0.1) is 18.5 Å². The number of nitrogens with zero attached hydrogens (tertiary/aromatic N) is 2. The van der Waals surface area contributed by atoms with Gasteiger partial charge in [-0.15, -0.1) is 0 Å². The van der Waals surface area contributed by atoms with E-state index in [0.29, 0.717) is 11.5 Å². The Labute approximate surface area is 99.3 Å². The minimum Gasteiger partial charge on any atom is -0.394 e. The fraction of sp³-hybridized carbons (Fsp3) is 0.600. The van der Waals surface area contributed by atoms with Gasteiger partial charge in [-0.1, -0.05) is 0 Å². The first-order valence-electron chi connectivity index (χ1n) is 5.04. The van der Waals surface area contributed by atoms with Crippen LogP contribution in [0.15, 0.2) is 6.07 Å². The molecule has 0 aliphatic heterocycles. The second-order valence-electron chi connectivity index (χ2n) is 3.41. The number of aryl methyl sites for hydroxylation is 1. The highest BCUT2D eigenvalue weighted by Crippen LogP contribution is 2.12. The summed E-state index contributed by atoms with van der Waals surface area (Å²) in [5.41, 5.74) is 0.914. The average molecular weight is 243 g/mol. The molecule has 0 radical (unpaired) electrons. The molecular formula is C10H17N3O2S. The number of anilines is 1. The van der Waals surface area contributed by atoms with Gasteiger partial charge in [0.25, 0.3) is 0 Å². The molecule has 0 saturated heterocycles. The van der Waals surface area contributed by atoms with E-state index in [9.17, 15) is 0 Å². The standard InChI is InChI=1S/C10H17N3O2S/c1-7-3-9(11-2)13-10(12-7)6-16-5-8(15)4-14/h3,8,14-15H,4-6H2,1-2H3,(H,11,12,13). The van der Waals surface area contributed by atoms with Crippen LogP contribution in [0.2, 0.25) is 0 Å². The third kappa shape index (κ3) is 4.34. The minimum absolute atomic E-state index is 0.205. The molecule has 0 fully saturated rings. The van der Waals surface area contributed by atoms with Crippen LogP contribution in [0.1, 0.15) is 11.5 Å². The summed E-state index contributed by atoms with van der Waals surface area (Å²) < 4.78 is 0. The van der Waals surface area contributed by atoms with Crippen LogP contribution in [0.25, 0.3) is 0 Å². The normalized spacial score (nSPS) is 12.5. The van der Waals surface area contributed by atoms with Crippen molar-refractivity contribution >= 4 is 17.6 Å². The van der Waals surface area contributed by atoms with Crippen molar-refractivity contribution in [2.45, 2.75) is 18.8 Å². The van der Waals surface area contributed by atoms with Crippen molar-refractivity contribution < 1.29 is 10.2 Å². The zero-order valence-corrected chi connectivity index (χ0v) is 10.3. The van der Waals surface area contributed by atoms with Gasteiger partial charge in [0.15, 0.2) is 0 Å². The van der Waals surface area contributed by atoms with Crippen molar-refractivity contribution in [3.8, 4) is 0 Å². The number of thioether (sulfide) groups is 1. The molecule has 90 valence electrons. The molecule has 1 rings (SSSR count). The molecule has 0 aliphatic rings. The smallest absolute Gasteiger partial charge is 0.140 e. The number of nitrogens with one attached hydrogen (secondary N) is 1. The number of hydrogen-bond donors (Lipinski definition) is 3. The van der Waals surface area contributed by atoms with Gasteiger partial charge in [-0.25, -0.2) is 9.97 Å². The fourth-order valence-electron chi connectivity index (χ4n) is 1.16. The van der Waals surface area contributed by atoms with Crippen LogP contribution in [0.4, 0.5) is 5.82 Å². The summed E-state index contributed by atoms with van der Waals surface area (Å²) in [7, 11) is 1.81. The number of hydrogen-bond acceptors (Lipinski definition) is 6. The van der Waals surface area contributed by atoms with Crippen molar-refractivity contribution in [1.82, 2.24) is 9.97 Å². The summed E-state index contributed by atoms with van der Waals surface area (Å²) in [6.07, 6.45) is -0.668. The van der Waals surface area contributed by atoms with Crippen LogP contribution in [-0.2, 0) is 5.75 Å². The Bertz CT molecular complexity index is 336. The number of rotatable bonds is 6. The van der Waals surface area contributed by atoms with Crippen molar-refractivity contribution in [2.75, 3.05) is 24.7 Å². The highest BCUT2D eigenvalue weighted by Gasteiger charge is 2.05. The number of aliphatic hydroxyl groups excluding tert-OH is 2. The lowest BCUT2D eigenvalue weighted by Crippen LogP contribution is -2.15. The zero-order valence-electron chi connectivity index (χ0n) is 9.47. The molecule has 5 nitrogen and oxygen atoms in total. The minimum atomic E-state index is -0.668. The molecule has 1 atom stereocenters. The first-order valence-corrected chi connectivity index (χ1v) is 6.20. The lowest BCUT2D eigenvalue weighted by Gasteiger charge is -2.07. The van der Waals surface area contributed by atoms with E-state index in [1.807, 2.05) is 20.0 Å². The Balaban J connectivity index is 2.50. The summed E-state index contributed by atoms with van der Waals surface area (Å²) >= 11 is 1.50. The van der Waals surface area contributed by atoms with E-state index >= 15 is 0 Å². The quantitative estimate of drug-likeness (QED) is 0.672. The first kappa shape index (κ1) is 13.2. The SMILES string of the molecule is CNc1cc(C)nc(CSCC(O)CO)n1. The maximum atomic E-state index is 9.17. The van der Waals surface area contributed by atoms with Gasteiger partial charge >= 0.3 is 0 Å². The molecule has 0 aromatic carbocycles. The maximum Gasteiger partial charge on any atom is 0.140 e. The summed E-state index contributed by atoms with van der Waals surface area (Å²) in [5.74, 6) is 2.65. The van der Waals surface area contributed by atoms with Crippen LogP contribution >= 0.6 is 11.8 Å². The molecule has 0 aliphatic carbocycles. The van der Waals surface area contributed by atoms with Crippen molar-refractivity contribution in [3.63, 3.8) is 0 Å². The molecule has 6 heteroatoms. The molecular weight excluding hydrogens is 226 g/mol. The molecule has 0 amide bonds. The van der Waals surface area contributed by atoms with E-state index in [1.54, 1.807) is 0 Å². The Hall–Kier alpha value is -0.850. The highest BCUT2D eigenvalue weighted by molar-refractivity contribution is 7.98. The van der Waals surface area contributed by atoms with Gasteiger partial charge in [0.2, 0.25) is 0 Å². The summed E-state index contributed by atoms with van der Waals surface area (Å²) in [6.45, 7) is 1.71. The first-order chi connectivity index (χ1) is 7.65. The van der Waals surface area contributed by atoms with Crippen LogP contribution in [-0.4, -0.2) is 45.7 Å². The monoisotopic (exact) mass is 243 g/mol. The Kier molecular flexibility index (Phi) is 5.51. The molecule has 1 unspecified atom stereocenters. The van der Waals surface area contributed by atoms with E-state index in [4.69, 9.17) is 10.2 Å². The van der Waals surface area contributed by atoms with Crippen molar-refractivity contribution in [2.24, 2.45) is 0 Å². The van der Waals surface area contributed by atoms with Gasteiger partial charge in [-0.2, -0.15) is 11.8 Å². The highest BCUT2D eigenvalue weighted by atomic mass is 32.2. The maximum absolute atomic E-state index is 9.17. The average Bonchev–Trinajstić information content (AvgIpc) is 2.28. The van der Waals surface area contributed by atoms with Gasteiger partial charge < -0.3 is 15.5 Å². The summed E-state index contributed by atoms with van der Waals surface area (Å²) in [4.78, 5) is 8.58. The summed E-state index contributed by atoms with van der Waals surface area (Å²) in [5, 5.41) is 20.8. The van der Waals surface area contributed by atoms with Gasteiger partial charge in [-0.3, -0.25) is 0 Å². The van der Waals surface area contributed by atoms with Crippen LogP contribution in [0, 0.1) is 6.92 Å². The topological polar surface area (TPSA) is 78.3 Å². The predicted molar refractivity (Wildman–Crippen MR) is 65.6 cm³/mol. The molecule has 1 aromatic heterocycles. The van der Waals surface area contributed by atoms with Crippen molar-refractivity contribution in [3.05, 3.63) is 17.6 Å². The Morgan fingerprint density at radius 2 is 2.25 bits per heavy atom. The fourth-order valence-corrected chi connectivity index (χ4v) is 1.97. The van der Waals surface area contributed by atoms with Crippen LogP contribution < -0.4 is 5.32 Å². The second kappa shape index (κ2) is 6.67. The molecule has 1 heterocycles. The van der Waals surface area contributed by atoms with E-state index < -0.39 is 6.10 Å². The van der Waals surface area contributed by atoms with E-state index in [1.165, 1.54) is 11.8 Å². The van der Waals surface area contributed by atoms with Gasteiger partial charge in [0, 0.05) is 24.6 Å². The van der Waals surface area contributed by atoms with Crippen molar-refractivity contribution in [1.29, 1.82) is 0 Å².